The first-order valence-electron chi connectivity index (χ1n) is 10.3. The minimum Gasteiger partial charge on any atom is -0.343 e. The number of aromatic nitrogens is 6. The molecule has 3 aromatic heterocycles. The Labute approximate surface area is 183 Å². The van der Waals surface area contributed by atoms with Crippen LogP contribution in [0.5, 0.6) is 0 Å². The molecule has 1 aromatic carbocycles. The Balaban J connectivity index is 1.41. The molecular formula is C22H23N7OS. The maximum Gasteiger partial charge on any atom is 0.282 e. The standard InChI is InChI=1S/C22H23N7OS/c1-22(2,3)21-29-28-20(31-21)19(30)26-16-6-4-5-12-9-13(7-8-14(12)16)17-15-10-25-27-18(15)24-11-23-17/h7-11,16H,4-6H2,1-3H3,(H,26,30)(H,23,24,25,27). The molecule has 1 aliphatic rings. The lowest BCUT2D eigenvalue weighted by Crippen LogP contribution is -2.31. The fourth-order valence-electron chi connectivity index (χ4n) is 3.94. The van der Waals surface area contributed by atoms with Crippen LogP contribution in [0.15, 0.2) is 30.7 Å². The molecule has 1 aliphatic carbocycles. The van der Waals surface area contributed by atoms with Crippen molar-refractivity contribution in [1.82, 2.24) is 35.7 Å². The second-order valence-electron chi connectivity index (χ2n) is 8.85. The fraction of sp³-hybridized carbons (Fsp3) is 0.364. The van der Waals surface area contributed by atoms with Crippen LogP contribution in [0.25, 0.3) is 22.3 Å². The van der Waals surface area contributed by atoms with Crippen molar-refractivity contribution in [3.05, 3.63) is 51.9 Å². The maximum atomic E-state index is 12.8. The van der Waals surface area contributed by atoms with Crippen LogP contribution in [0.2, 0.25) is 0 Å². The zero-order valence-corrected chi connectivity index (χ0v) is 18.5. The van der Waals surface area contributed by atoms with Gasteiger partial charge in [0.25, 0.3) is 5.91 Å². The highest BCUT2D eigenvalue weighted by molar-refractivity contribution is 7.13. The van der Waals surface area contributed by atoms with E-state index in [0.29, 0.717) is 5.01 Å². The zero-order valence-electron chi connectivity index (χ0n) is 17.6. The van der Waals surface area contributed by atoms with E-state index in [2.05, 4.69) is 74.6 Å². The topological polar surface area (TPSA) is 109 Å². The largest absolute Gasteiger partial charge is 0.343 e. The Morgan fingerprint density at radius 1 is 1.23 bits per heavy atom. The number of hydrogen-bond donors (Lipinski definition) is 2. The van der Waals surface area contributed by atoms with E-state index in [0.717, 1.165) is 52.1 Å². The average molecular weight is 434 g/mol. The Kier molecular flexibility index (Phi) is 4.77. The first-order valence-corrected chi connectivity index (χ1v) is 11.1. The fourth-order valence-corrected chi connectivity index (χ4v) is 4.75. The van der Waals surface area contributed by atoms with Crippen molar-refractivity contribution < 1.29 is 4.79 Å². The number of H-pyrrole nitrogens is 1. The number of carbonyl (C=O) groups is 1. The monoisotopic (exact) mass is 433 g/mol. The number of benzene rings is 1. The van der Waals surface area contributed by atoms with Gasteiger partial charge in [-0.05, 0) is 36.5 Å². The van der Waals surface area contributed by atoms with Gasteiger partial charge in [-0.3, -0.25) is 9.89 Å². The third kappa shape index (κ3) is 3.69. The van der Waals surface area contributed by atoms with Crippen LogP contribution < -0.4 is 5.32 Å². The Bertz CT molecular complexity index is 1270. The molecule has 1 amide bonds. The quantitative estimate of drug-likeness (QED) is 0.506. The number of amides is 1. The summed E-state index contributed by atoms with van der Waals surface area (Å²) >= 11 is 1.36. The van der Waals surface area contributed by atoms with Crippen molar-refractivity contribution in [3.8, 4) is 11.3 Å². The highest BCUT2D eigenvalue weighted by Crippen LogP contribution is 2.34. The minimum atomic E-state index is -0.161. The number of carbonyl (C=O) groups excluding carboxylic acids is 1. The molecule has 9 heteroatoms. The third-order valence-electron chi connectivity index (χ3n) is 5.54. The van der Waals surface area contributed by atoms with Gasteiger partial charge in [0.1, 0.15) is 11.3 Å². The number of fused-ring (bicyclic) bond motifs is 2. The predicted molar refractivity (Wildman–Crippen MR) is 119 cm³/mol. The number of rotatable bonds is 3. The van der Waals surface area contributed by atoms with Crippen molar-refractivity contribution in [2.45, 2.75) is 51.5 Å². The number of nitrogens with zero attached hydrogens (tertiary/aromatic N) is 5. The number of aryl methyl sites for hydroxylation is 1. The average Bonchev–Trinajstić information content (AvgIpc) is 3.43. The second kappa shape index (κ2) is 7.49. The number of aromatic amines is 1. The molecule has 0 spiro atoms. The van der Waals surface area contributed by atoms with Crippen LogP contribution >= 0.6 is 11.3 Å². The molecule has 2 N–H and O–H groups in total. The highest BCUT2D eigenvalue weighted by atomic mass is 32.1. The lowest BCUT2D eigenvalue weighted by molar-refractivity contribution is 0.0931. The summed E-state index contributed by atoms with van der Waals surface area (Å²) in [6.07, 6.45) is 6.19. The third-order valence-corrected chi connectivity index (χ3v) is 6.89. The van der Waals surface area contributed by atoms with Gasteiger partial charge < -0.3 is 5.32 Å². The van der Waals surface area contributed by atoms with E-state index in [1.807, 2.05) is 0 Å². The van der Waals surface area contributed by atoms with Crippen molar-refractivity contribution >= 4 is 28.3 Å². The van der Waals surface area contributed by atoms with E-state index < -0.39 is 0 Å². The predicted octanol–water partition coefficient (Wildman–Crippen LogP) is 3.98. The molecule has 0 saturated carbocycles. The molecule has 4 aromatic rings. The van der Waals surface area contributed by atoms with E-state index in [-0.39, 0.29) is 17.4 Å². The van der Waals surface area contributed by atoms with Crippen LogP contribution in [0.4, 0.5) is 0 Å². The molecule has 0 saturated heterocycles. The van der Waals surface area contributed by atoms with Gasteiger partial charge in [-0.25, -0.2) is 9.97 Å². The molecule has 0 aliphatic heterocycles. The van der Waals surface area contributed by atoms with Gasteiger partial charge in [0.05, 0.1) is 23.3 Å². The number of nitrogens with one attached hydrogen (secondary N) is 2. The molecule has 158 valence electrons. The van der Waals surface area contributed by atoms with Gasteiger partial charge in [0.2, 0.25) is 5.01 Å². The van der Waals surface area contributed by atoms with Crippen LogP contribution in [0, 0.1) is 0 Å². The lowest BCUT2D eigenvalue weighted by atomic mass is 9.86. The van der Waals surface area contributed by atoms with Crippen molar-refractivity contribution in [2.24, 2.45) is 0 Å². The van der Waals surface area contributed by atoms with Crippen molar-refractivity contribution in [3.63, 3.8) is 0 Å². The summed E-state index contributed by atoms with van der Waals surface area (Å²) in [6.45, 7) is 6.21. The molecule has 5 rings (SSSR count). The summed E-state index contributed by atoms with van der Waals surface area (Å²) in [5.74, 6) is -0.161. The molecule has 0 fully saturated rings. The van der Waals surface area contributed by atoms with E-state index in [4.69, 9.17) is 0 Å². The van der Waals surface area contributed by atoms with E-state index in [1.165, 1.54) is 16.9 Å². The van der Waals surface area contributed by atoms with E-state index in [1.54, 1.807) is 12.5 Å². The van der Waals surface area contributed by atoms with Crippen LogP contribution in [-0.4, -0.2) is 36.3 Å². The molecule has 1 atom stereocenters. The molecule has 0 radical (unpaired) electrons. The van der Waals surface area contributed by atoms with E-state index >= 15 is 0 Å². The summed E-state index contributed by atoms with van der Waals surface area (Å²) in [6, 6.07) is 6.29. The minimum absolute atomic E-state index is 0.0355. The second-order valence-corrected chi connectivity index (χ2v) is 9.83. The van der Waals surface area contributed by atoms with Gasteiger partial charge in [-0.15, -0.1) is 10.2 Å². The molecule has 1 unspecified atom stereocenters. The van der Waals surface area contributed by atoms with Gasteiger partial charge in [-0.1, -0.05) is 44.2 Å². The van der Waals surface area contributed by atoms with E-state index in [9.17, 15) is 4.79 Å². The van der Waals surface area contributed by atoms with Crippen LogP contribution in [-0.2, 0) is 11.8 Å². The summed E-state index contributed by atoms with van der Waals surface area (Å²) < 4.78 is 0. The summed E-state index contributed by atoms with van der Waals surface area (Å²) in [4.78, 5) is 21.5. The summed E-state index contributed by atoms with van der Waals surface area (Å²) in [5.41, 5.74) is 4.87. The van der Waals surface area contributed by atoms with Gasteiger partial charge >= 0.3 is 0 Å². The first kappa shape index (κ1) is 19.7. The normalized spacial score (nSPS) is 16.3. The molecule has 0 bridgehead atoms. The SMILES string of the molecule is CC(C)(C)c1nnc(C(=O)NC2CCCc3cc(-c4ncnc5[nH]ncc45)ccc32)s1. The maximum absolute atomic E-state index is 12.8. The Morgan fingerprint density at radius 3 is 2.90 bits per heavy atom. The lowest BCUT2D eigenvalue weighted by Gasteiger charge is -2.26. The molecule has 3 heterocycles. The van der Waals surface area contributed by atoms with Crippen molar-refractivity contribution in [1.29, 1.82) is 0 Å². The van der Waals surface area contributed by atoms with Crippen molar-refractivity contribution in [2.75, 3.05) is 0 Å². The Hall–Kier alpha value is -3.20. The zero-order chi connectivity index (χ0) is 21.6. The first-order chi connectivity index (χ1) is 14.9. The van der Waals surface area contributed by atoms with Gasteiger partial charge in [-0.2, -0.15) is 5.10 Å². The molecule has 8 nitrogen and oxygen atoms in total. The number of hydrogen-bond acceptors (Lipinski definition) is 7. The molecule has 31 heavy (non-hydrogen) atoms. The van der Waals surface area contributed by atoms with Crippen LogP contribution in [0.3, 0.4) is 0 Å². The van der Waals surface area contributed by atoms with Crippen LogP contribution in [0.1, 0.15) is 65.6 Å². The smallest absolute Gasteiger partial charge is 0.282 e. The summed E-state index contributed by atoms with van der Waals surface area (Å²) in [5, 5.41) is 20.6. The Morgan fingerprint density at radius 2 is 2.10 bits per heavy atom. The van der Waals surface area contributed by atoms with Gasteiger partial charge in [0, 0.05) is 11.0 Å². The molecular weight excluding hydrogens is 410 g/mol. The van der Waals surface area contributed by atoms with Gasteiger partial charge in [0.15, 0.2) is 5.65 Å². The highest BCUT2D eigenvalue weighted by Gasteiger charge is 2.26. The summed E-state index contributed by atoms with van der Waals surface area (Å²) in [7, 11) is 0.